The van der Waals surface area contributed by atoms with Gasteiger partial charge in [-0.05, 0) is 29.7 Å². The smallest absolute Gasteiger partial charge is 0.227 e. The highest BCUT2D eigenvalue weighted by Crippen LogP contribution is 2.18. The molecule has 1 aliphatic heterocycles. The van der Waals surface area contributed by atoms with E-state index in [-0.39, 0.29) is 5.91 Å². The number of hydrogen-bond donors (Lipinski definition) is 1. The van der Waals surface area contributed by atoms with Gasteiger partial charge in [0.05, 0.1) is 6.42 Å². The maximum Gasteiger partial charge on any atom is 0.227 e. The fourth-order valence-electron chi connectivity index (χ4n) is 3.25. The van der Waals surface area contributed by atoms with E-state index < -0.39 is 0 Å². The van der Waals surface area contributed by atoms with Crippen LogP contribution in [0.2, 0.25) is 0 Å². The monoisotopic (exact) mass is 323 g/mol. The van der Waals surface area contributed by atoms with Gasteiger partial charge in [0.15, 0.2) is 0 Å². The van der Waals surface area contributed by atoms with Crippen LogP contribution >= 0.6 is 0 Å². The summed E-state index contributed by atoms with van der Waals surface area (Å²) >= 11 is 0. The minimum atomic E-state index is 0.173. The van der Waals surface area contributed by atoms with Crippen LogP contribution in [0.5, 0.6) is 0 Å². The van der Waals surface area contributed by atoms with E-state index in [1.807, 2.05) is 42.3 Å². The minimum Gasteiger partial charge on any atom is -0.399 e. The molecule has 1 fully saturated rings. The molecule has 1 amide bonds. The van der Waals surface area contributed by atoms with Crippen molar-refractivity contribution in [1.29, 1.82) is 0 Å². The van der Waals surface area contributed by atoms with Gasteiger partial charge in [0, 0.05) is 38.4 Å². The van der Waals surface area contributed by atoms with Crippen molar-refractivity contribution in [2.45, 2.75) is 25.4 Å². The molecule has 3 rings (SSSR count). The van der Waals surface area contributed by atoms with Crippen LogP contribution in [0.25, 0.3) is 0 Å². The van der Waals surface area contributed by atoms with Gasteiger partial charge in [0.2, 0.25) is 5.91 Å². The Morgan fingerprint density at radius 1 is 1.12 bits per heavy atom. The Labute approximate surface area is 143 Å². The van der Waals surface area contributed by atoms with Crippen LogP contribution in [0.4, 0.5) is 5.69 Å². The Morgan fingerprint density at radius 2 is 1.83 bits per heavy atom. The highest BCUT2D eigenvalue weighted by Gasteiger charge is 2.28. The molecule has 2 N–H and O–H groups in total. The molecule has 126 valence electrons. The lowest BCUT2D eigenvalue weighted by atomic mass is 10.1. The Morgan fingerprint density at radius 3 is 2.54 bits per heavy atom. The first-order valence-electron chi connectivity index (χ1n) is 8.48. The Bertz CT molecular complexity index is 669. The molecule has 2 aromatic carbocycles. The van der Waals surface area contributed by atoms with E-state index in [0.29, 0.717) is 12.5 Å². The van der Waals surface area contributed by atoms with Crippen LogP contribution in [0.15, 0.2) is 54.6 Å². The van der Waals surface area contributed by atoms with Gasteiger partial charge in [-0.3, -0.25) is 9.69 Å². The number of hydrogen-bond acceptors (Lipinski definition) is 3. The van der Waals surface area contributed by atoms with E-state index in [9.17, 15) is 4.79 Å². The van der Waals surface area contributed by atoms with Crippen molar-refractivity contribution < 1.29 is 4.79 Å². The lowest BCUT2D eigenvalue weighted by Crippen LogP contribution is -2.39. The van der Waals surface area contributed by atoms with Gasteiger partial charge in [-0.25, -0.2) is 0 Å². The highest BCUT2D eigenvalue weighted by molar-refractivity contribution is 5.79. The van der Waals surface area contributed by atoms with Gasteiger partial charge in [-0.2, -0.15) is 0 Å². The van der Waals surface area contributed by atoms with Crippen LogP contribution in [0.1, 0.15) is 17.5 Å². The van der Waals surface area contributed by atoms with Crippen molar-refractivity contribution >= 4 is 11.6 Å². The Kier molecular flexibility index (Phi) is 5.16. The molecule has 24 heavy (non-hydrogen) atoms. The number of rotatable bonds is 5. The summed E-state index contributed by atoms with van der Waals surface area (Å²) in [5, 5.41) is 0. The second kappa shape index (κ2) is 7.49. The zero-order valence-corrected chi connectivity index (χ0v) is 14.2. The first kappa shape index (κ1) is 16.5. The predicted octanol–water partition coefficient (Wildman–Crippen LogP) is 2.54. The molecule has 0 aliphatic carbocycles. The number of nitrogens with two attached hydrogens (primary N) is 1. The summed E-state index contributed by atoms with van der Waals surface area (Å²) < 4.78 is 0. The SMILES string of the molecule is CN(C(=O)Cc1ccc(N)cc1)C1CCN(Cc2ccccc2)C1. The second-order valence-electron chi connectivity index (χ2n) is 6.59. The van der Waals surface area contributed by atoms with Crippen LogP contribution in [0, 0.1) is 0 Å². The average Bonchev–Trinajstić information content (AvgIpc) is 3.05. The fourth-order valence-corrected chi connectivity index (χ4v) is 3.25. The number of likely N-dealkylation sites (N-methyl/N-ethyl adjacent to an activating group) is 1. The van der Waals surface area contributed by atoms with Crippen molar-refractivity contribution in [3.05, 3.63) is 65.7 Å². The maximum atomic E-state index is 12.5. The lowest BCUT2D eigenvalue weighted by molar-refractivity contribution is -0.131. The molecule has 1 atom stereocenters. The van der Waals surface area contributed by atoms with Crippen molar-refractivity contribution in [2.75, 3.05) is 25.9 Å². The van der Waals surface area contributed by atoms with Crippen molar-refractivity contribution in [3.63, 3.8) is 0 Å². The topological polar surface area (TPSA) is 49.6 Å². The zero-order valence-electron chi connectivity index (χ0n) is 14.2. The van der Waals surface area contributed by atoms with Gasteiger partial charge in [-0.15, -0.1) is 0 Å². The van der Waals surface area contributed by atoms with Crippen molar-refractivity contribution in [3.8, 4) is 0 Å². The van der Waals surface area contributed by atoms with Gasteiger partial charge < -0.3 is 10.6 Å². The first-order chi connectivity index (χ1) is 11.6. The van der Waals surface area contributed by atoms with E-state index in [1.54, 1.807) is 0 Å². The minimum absolute atomic E-state index is 0.173. The van der Waals surface area contributed by atoms with Crippen LogP contribution in [0.3, 0.4) is 0 Å². The standard InChI is InChI=1S/C20H25N3O/c1-22(20(24)13-16-7-9-18(21)10-8-16)19-11-12-23(15-19)14-17-5-3-2-4-6-17/h2-10,19H,11-15,21H2,1H3. The number of anilines is 1. The number of carbonyl (C=O) groups is 1. The molecular formula is C20H25N3O. The van der Waals surface area contributed by atoms with E-state index >= 15 is 0 Å². The normalized spacial score (nSPS) is 17.8. The third-order valence-electron chi connectivity index (χ3n) is 4.77. The molecule has 0 aromatic heterocycles. The molecule has 1 aliphatic rings. The van der Waals surface area contributed by atoms with Gasteiger partial charge >= 0.3 is 0 Å². The van der Waals surface area contributed by atoms with E-state index in [1.165, 1.54) is 5.56 Å². The summed E-state index contributed by atoms with van der Waals surface area (Å²) in [6.45, 7) is 2.94. The molecule has 1 heterocycles. The summed E-state index contributed by atoms with van der Waals surface area (Å²) in [5.74, 6) is 0.173. The number of carbonyl (C=O) groups excluding carboxylic acids is 1. The lowest BCUT2D eigenvalue weighted by Gasteiger charge is -2.25. The summed E-state index contributed by atoms with van der Waals surface area (Å²) in [5.41, 5.74) is 8.76. The van der Waals surface area contributed by atoms with Crippen LogP contribution < -0.4 is 5.73 Å². The molecule has 0 spiro atoms. The predicted molar refractivity (Wildman–Crippen MR) is 97.5 cm³/mol. The number of nitrogens with zero attached hydrogens (tertiary/aromatic N) is 2. The fraction of sp³-hybridized carbons (Fsp3) is 0.350. The van der Waals surface area contributed by atoms with Crippen molar-refractivity contribution in [2.24, 2.45) is 0 Å². The molecule has 2 aromatic rings. The molecule has 1 unspecified atom stereocenters. The third-order valence-corrected chi connectivity index (χ3v) is 4.77. The first-order valence-corrected chi connectivity index (χ1v) is 8.48. The van der Waals surface area contributed by atoms with Gasteiger partial charge in [0.1, 0.15) is 0 Å². The molecular weight excluding hydrogens is 298 g/mol. The quantitative estimate of drug-likeness (QED) is 0.860. The molecule has 0 radical (unpaired) electrons. The molecule has 4 nitrogen and oxygen atoms in total. The largest absolute Gasteiger partial charge is 0.399 e. The van der Waals surface area contributed by atoms with Crippen molar-refractivity contribution in [1.82, 2.24) is 9.80 Å². The molecule has 0 bridgehead atoms. The number of amides is 1. The number of nitrogen functional groups attached to an aromatic ring is 1. The summed E-state index contributed by atoms with van der Waals surface area (Å²) in [7, 11) is 1.93. The summed E-state index contributed by atoms with van der Waals surface area (Å²) in [6, 6.07) is 18.4. The van der Waals surface area contributed by atoms with Crippen LogP contribution in [-0.2, 0) is 17.8 Å². The number of benzene rings is 2. The second-order valence-corrected chi connectivity index (χ2v) is 6.59. The van der Waals surface area contributed by atoms with Gasteiger partial charge in [-0.1, -0.05) is 42.5 Å². The van der Waals surface area contributed by atoms with Crippen LogP contribution in [-0.4, -0.2) is 41.9 Å². The molecule has 1 saturated heterocycles. The van der Waals surface area contributed by atoms with E-state index in [2.05, 4.69) is 29.2 Å². The maximum absolute atomic E-state index is 12.5. The molecule has 0 saturated carbocycles. The summed E-state index contributed by atoms with van der Waals surface area (Å²) in [4.78, 5) is 16.9. The third kappa shape index (κ3) is 4.15. The van der Waals surface area contributed by atoms with Gasteiger partial charge in [0.25, 0.3) is 0 Å². The summed E-state index contributed by atoms with van der Waals surface area (Å²) in [6.07, 6.45) is 1.47. The Hall–Kier alpha value is -2.33. The Balaban J connectivity index is 1.52. The molecule has 4 heteroatoms. The number of likely N-dealkylation sites (tertiary alicyclic amines) is 1. The zero-order chi connectivity index (χ0) is 16.9. The van der Waals surface area contributed by atoms with E-state index in [0.717, 1.165) is 37.3 Å². The van der Waals surface area contributed by atoms with E-state index in [4.69, 9.17) is 5.73 Å². The average molecular weight is 323 g/mol. The highest BCUT2D eigenvalue weighted by atomic mass is 16.2.